The molecule has 2 heterocycles. The summed E-state index contributed by atoms with van der Waals surface area (Å²) in [6.07, 6.45) is -0.335. The zero-order valence-corrected chi connectivity index (χ0v) is 19.7. The third-order valence-electron chi connectivity index (χ3n) is 5.19. The molecule has 1 saturated heterocycles. The first-order valence-electron chi connectivity index (χ1n) is 10.6. The van der Waals surface area contributed by atoms with Gasteiger partial charge in [-0.25, -0.2) is 12.8 Å². The Balaban J connectivity index is 1.86. The van der Waals surface area contributed by atoms with Gasteiger partial charge in [0, 0.05) is 11.9 Å². The van der Waals surface area contributed by atoms with Crippen LogP contribution in [0.15, 0.2) is 18.2 Å². The van der Waals surface area contributed by atoms with E-state index >= 15 is 0 Å². The van der Waals surface area contributed by atoms with Crippen LogP contribution in [-0.4, -0.2) is 74.3 Å². The highest BCUT2D eigenvalue weighted by Gasteiger charge is 2.34. The fourth-order valence-electron chi connectivity index (χ4n) is 3.58. The predicted molar refractivity (Wildman–Crippen MR) is 119 cm³/mol. The summed E-state index contributed by atoms with van der Waals surface area (Å²) >= 11 is 0. The van der Waals surface area contributed by atoms with Gasteiger partial charge in [0.1, 0.15) is 34.2 Å². The number of rotatable bonds is 8. The first-order chi connectivity index (χ1) is 15.6. The van der Waals surface area contributed by atoms with Crippen molar-refractivity contribution in [3.63, 3.8) is 0 Å². The van der Waals surface area contributed by atoms with Crippen LogP contribution < -0.4 is 10.6 Å². The smallest absolute Gasteiger partial charge is 0.273 e. The lowest BCUT2D eigenvalue weighted by atomic mass is 9.86. The van der Waals surface area contributed by atoms with E-state index in [1.165, 1.54) is 16.8 Å². The number of halogens is 1. The van der Waals surface area contributed by atoms with Crippen LogP contribution in [0.25, 0.3) is 10.9 Å². The molecule has 2 amide bonds. The molecule has 2 atom stereocenters. The lowest BCUT2D eigenvalue weighted by Gasteiger charge is -2.30. The highest BCUT2D eigenvalue weighted by molar-refractivity contribution is 7.72. The van der Waals surface area contributed by atoms with E-state index in [4.69, 9.17) is 9.47 Å². The number of nitrogens with one attached hydrogen (secondary N) is 2. The van der Waals surface area contributed by atoms with Crippen LogP contribution in [-0.2, 0) is 31.5 Å². The summed E-state index contributed by atoms with van der Waals surface area (Å²) in [4.78, 5) is 25.9. The number of amides is 2. The molecule has 0 saturated carbocycles. The Hall–Kier alpha value is -2.57. The molecule has 1 unspecified atom stereocenters. The van der Waals surface area contributed by atoms with E-state index in [1.807, 2.05) is 0 Å². The maximum atomic E-state index is 14.7. The van der Waals surface area contributed by atoms with E-state index in [0.29, 0.717) is 25.2 Å². The molecule has 33 heavy (non-hydrogen) atoms. The third-order valence-corrected chi connectivity index (χ3v) is 5.78. The number of nitrogens with zero attached hydrogens (tertiary/aromatic N) is 2. The Morgan fingerprint density at radius 1 is 1.30 bits per heavy atom. The standard InChI is InChI=1S/C21H29FN4O6S/c1-21(2,3)18(20(28)23-7-10-33(29)30)24-19(27)16-14-5-4-6-15(22)17(14)26(25-16)11-13-12-31-8-9-32-13/h4-6,13,18,33H,7-12H2,1-3H3,(H,23,28)(H,24,27)/t13-,18?/m1/s1. The first kappa shape index (κ1) is 25.1. The van der Waals surface area contributed by atoms with Crippen LogP contribution in [0.1, 0.15) is 31.3 Å². The number of hydrogen-bond acceptors (Lipinski definition) is 7. The van der Waals surface area contributed by atoms with Crippen molar-refractivity contribution < 1.29 is 31.9 Å². The van der Waals surface area contributed by atoms with Gasteiger partial charge in [-0.1, -0.05) is 32.9 Å². The van der Waals surface area contributed by atoms with Gasteiger partial charge in [-0.15, -0.1) is 0 Å². The van der Waals surface area contributed by atoms with Crippen LogP contribution in [0.3, 0.4) is 0 Å². The zero-order chi connectivity index (χ0) is 24.2. The summed E-state index contributed by atoms with van der Waals surface area (Å²) < 4.78 is 48.6. The molecule has 182 valence electrons. The molecule has 0 aliphatic carbocycles. The zero-order valence-electron chi connectivity index (χ0n) is 18.8. The molecule has 0 radical (unpaired) electrons. The topological polar surface area (TPSA) is 129 Å². The third kappa shape index (κ3) is 6.27. The van der Waals surface area contributed by atoms with E-state index in [9.17, 15) is 22.4 Å². The second-order valence-corrected chi connectivity index (χ2v) is 9.97. The Kier molecular flexibility index (Phi) is 8.03. The van der Waals surface area contributed by atoms with Gasteiger partial charge in [-0.05, 0) is 11.5 Å². The average Bonchev–Trinajstić information content (AvgIpc) is 3.11. The van der Waals surface area contributed by atoms with E-state index in [0.717, 1.165) is 0 Å². The quantitative estimate of drug-likeness (QED) is 0.465. The van der Waals surface area contributed by atoms with Crippen LogP contribution in [0.4, 0.5) is 4.39 Å². The van der Waals surface area contributed by atoms with Crippen LogP contribution in [0.5, 0.6) is 0 Å². The fraction of sp³-hybridized carbons (Fsp3) is 0.571. The van der Waals surface area contributed by atoms with Crippen LogP contribution in [0, 0.1) is 11.2 Å². The van der Waals surface area contributed by atoms with Crippen molar-refractivity contribution in [3.8, 4) is 0 Å². The summed E-state index contributed by atoms with van der Waals surface area (Å²) in [5, 5.41) is 9.86. The SMILES string of the molecule is CC(C)(C)C(NC(=O)c1nn(C[C@@H]2COCCO2)c2c(F)cccc12)C(=O)NCC[SH](=O)=O. The minimum absolute atomic E-state index is 0.0223. The molecule has 1 aliphatic heterocycles. The van der Waals surface area contributed by atoms with E-state index < -0.39 is 39.8 Å². The summed E-state index contributed by atoms with van der Waals surface area (Å²) in [7, 11) is -2.63. The number of para-hydroxylation sites is 1. The highest BCUT2D eigenvalue weighted by Crippen LogP contribution is 2.24. The number of carbonyl (C=O) groups excluding carboxylic acids is 2. The largest absolute Gasteiger partial charge is 0.376 e. The maximum absolute atomic E-state index is 14.7. The molecule has 2 N–H and O–H groups in total. The summed E-state index contributed by atoms with van der Waals surface area (Å²) in [6.45, 7) is 6.67. The minimum Gasteiger partial charge on any atom is -0.376 e. The summed E-state index contributed by atoms with van der Waals surface area (Å²) in [5.74, 6) is -1.90. The number of hydrogen-bond donors (Lipinski definition) is 3. The van der Waals surface area contributed by atoms with Gasteiger partial charge < -0.3 is 20.1 Å². The molecule has 12 heteroatoms. The Morgan fingerprint density at radius 3 is 2.70 bits per heavy atom. The van der Waals surface area contributed by atoms with Crippen LogP contribution in [0.2, 0.25) is 0 Å². The lowest BCUT2D eigenvalue weighted by molar-refractivity contribution is -0.125. The highest BCUT2D eigenvalue weighted by atomic mass is 32.2. The van der Waals surface area contributed by atoms with Gasteiger partial charge in [0.25, 0.3) is 5.91 Å². The summed E-state index contributed by atoms with van der Waals surface area (Å²) in [5.41, 5.74) is -0.546. The molecule has 1 fully saturated rings. The van der Waals surface area contributed by atoms with Gasteiger partial charge in [0.05, 0.1) is 32.1 Å². The molecular weight excluding hydrogens is 455 g/mol. The van der Waals surface area contributed by atoms with Crippen molar-refractivity contribution in [1.82, 2.24) is 20.4 Å². The van der Waals surface area contributed by atoms with E-state index in [2.05, 4.69) is 15.7 Å². The number of benzene rings is 1. The maximum Gasteiger partial charge on any atom is 0.273 e. The monoisotopic (exact) mass is 484 g/mol. The fourth-order valence-corrected chi connectivity index (χ4v) is 3.87. The van der Waals surface area contributed by atoms with Gasteiger partial charge in [0.15, 0.2) is 5.69 Å². The van der Waals surface area contributed by atoms with Gasteiger partial charge in [0.2, 0.25) is 5.91 Å². The number of ether oxygens (including phenoxy) is 2. The molecule has 1 aromatic heterocycles. The number of thiol groups is 1. The normalized spacial score (nSPS) is 17.8. The summed E-state index contributed by atoms with van der Waals surface area (Å²) in [6, 6.07) is 3.38. The minimum atomic E-state index is -2.63. The van der Waals surface area contributed by atoms with Crippen molar-refractivity contribution >= 4 is 33.4 Å². The van der Waals surface area contributed by atoms with Crippen molar-refractivity contribution in [3.05, 3.63) is 29.7 Å². The average molecular weight is 485 g/mol. The van der Waals surface area contributed by atoms with Crippen molar-refractivity contribution in [2.45, 2.75) is 39.5 Å². The van der Waals surface area contributed by atoms with Crippen molar-refractivity contribution in [1.29, 1.82) is 0 Å². The van der Waals surface area contributed by atoms with E-state index in [1.54, 1.807) is 26.8 Å². The predicted octanol–water partition coefficient (Wildman–Crippen LogP) is 0.463. The molecule has 1 aromatic carbocycles. The number of carbonyl (C=O) groups is 2. The molecule has 0 bridgehead atoms. The molecular formula is C21H29FN4O6S. The molecule has 2 aromatic rings. The van der Waals surface area contributed by atoms with E-state index in [-0.39, 0.29) is 36.2 Å². The Bertz CT molecular complexity index is 1080. The number of fused-ring (bicyclic) bond motifs is 1. The lowest BCUT2D eigenvalue weighted by Crippen LogP contribution is -2.54. The Labute approximate surface area is 192 Å². The number of aromatic nitrogens is 2. The second-order valence-electron chi connectivity index (χ2n) is 8.85. The van der Waals surface area contributed by atoms with Crippen molar-refractivity contribution in [2.75, 3.05) is 32.1 Å². The van der Waals surface area contributed by atoms with Gasteiger partial charge in [-0.3, -0.25) is 14.3 Å². The second kappa shape index (κ2) is 10.6. The molecule has 1 aliphatic rings. The van der Waals surface area contributed by atoms with Gasteiger partial charge >= 0.3 is 0 Å². The molecule has 3 rings (SSSR count). The first-order valence-corrected chi connectivity index (χ1v) is 12.0. The van der Waals surface area contributed by atoms with Gasteiger partial charge in [-0.2, -0.15) is 5.10 Å². The molecule has 10 nitrogen and oxygen atoms in total. The van der Waals surface area contributed by atoms with Crippen LogP contribution >= 0.6 is 0 Å². The molecule has 0 spiro atoms. The van der Waals surface area contributed by atoms with Crippen molar-refractivity contribution in [2.24, 2.45) is 5.41 Å². The Morgan fingerprint density at radius 2 is 2.06 bits per heavy atom.